The fraction of sp³-hybridized carbons (Fsp3) is 0.455. The van der Waals surface area contributed by atoms with Crippen molar-refractivity contribution in [3.63, 3.8) is 0 Å². The molecule has 0 bridgehead atoms. The van der Waals surface area contributed by atoms with Crippen molar-refractivity contribution in [2.24, 2.45) is 0 Å². The Morgan fingerprint density at radius 3 is 2.56 bits per heavy atom. The molecular formula is C11H9BrF3N3. The first-order valence-corrected chi connectivity index (χ1v) is 6.29. The minimum atomic E-state index is -4.43. The van der Waals surface area contributed by atoms with Crippen molar-refractivity contribution in [3.05, 3.63) is 27.9 Å². The lowest BCUT2D eigenvalue weighted by Gasteiger charge is -2.06. The first-order chi connectivity index (χ1) is 8.38. The number of halogens is 4. The average Bonchev–Trinajstić information content (AvgIpc) is 2.98. The highest BCUT2D eigenvalue weighted by atomic mass is 79.9. The minimum Gasteiger partial charge on any atom is -0.286 e. The van der Waals surface area contributed by atoms with Crippen molar-refractivity contribution in [2.75, 3.05) is 0 Å². The molecule has 1 fully saturated rings. The van der Waals surface area contributed by atoms with Crippen LogP contribution in [0.3, 0.4) is 0 Å². The fourth-order valence-electron chi connectivity index (χ4n) is 1.94. The van der Waals surface area contributed by atoms with Gasteiger partial charge in [0.05, 0.1) is 10.2 Å². The summed E-state index contributed by atoms with van der Waals surface area (Å²) in [5, 5.41) is 0. The van der Waals surface area contributed by atoms with E-state index in [2.05, 4.69) is 25.9 Å². The van der Waals surface area contributed by atoms with Gasteiger partial charge in [0.1, 0.15) is 5.82 Å². The summed E-state index contributed by atoms with van der Waals surface area (Å²) in [5.41, 5.74) is 0.220. The third-order valence-corrected chi connectivity index (χ3v) is 3.77. The van der Waals surface area contributed by atoms with Crippen LogP contribution < -0.4 is 0 Å². The molecule has 2 heterocycles. The van der Waals surface area contributed by atoms with Gasteiger partial charge >= 0.3 is 6.18 Å². The number of fused-ring (bicyclic) bond motifs is 1. The maximum atomic E-state index is 12.6. The van der Waals surface area contributed by atoms with Gasteiger partial charge in [-0.1, -0.05) is 0 Å². The molecule has 96 valence electrons. The topological polar surface area (TPSA) is 30.2 Å². The molecule has 0 radical (unpaired) electrons. The summed E-state index contributed by atoms with van der Waals surface area (Å²) in [6.07, 6.45) is -1.38. The predicted molar refractivity (Wildman–Crippen MR) is 62.4 cm³/mol. The quantitative estimate of drug-likeness (QED) is 0.802. The van der Waals surface area contributed by atoms with Crippen molar-refractivity contribution in [3.8, 4) is 0 Å². The van der Waals surface area contributed by atoms with Gasteiger partial charge in [-0.2, -0.15) is 13.2 Å². The molecule has 2 aromatic rings. The van der Waals surface area contributed by atoms with Gasteiger partial charge < -0.3 is 0 Å². The summed E-state index contributed by atoms with van der Waals surface area (Å²) in [4.78, 5) is 8.03. The Balaban J connectivity index is 2.26. The van der Waals surface area contributed by atoms with E-state index in [0.717, 1.165) is 24.7 Å². The zero-order chi connectivity index (χ0) is 13.1. The summed E-state index contributed by atoms with van der Waals surface area (Å²) in [7, 11) is 0. The average molecular weight is 320 g/mol. The molecule has 3 rings (SSSR count). The standard InChI is InChI=1S/C11H9BrF3N3/c1-5-16-9(6-2-3-6)8(12)10-17-7(4-18(5)10)11(13,14)15/h4,6H,2-3H2,1H3. The van der Waals surface area contributed by atoms with Crippen LogP contribution in [-0.4, -0.2) is 14.4 Å². The highest BCUT2D eigenvalue weighted by Crippen LogP contribution is 2.43. The van der Waals surface area contributed by atoms with E-state index in [4.69, 9.17) is 0 Å². The molecule has 0 saturated heterocycles. The Morgan fingerprint density at radius 1 is 1.33 bits per heavy atom. The zero-order valence-corrected chi connectivity index (χ0v) is 11.0. The SMILES string of the molecule is Cc1nc(C2CC2)c(Br)c2nc(C(F)(F)F)cn12. The van der Waals surface area contributed by atoms with Gasteiger partial charge in [-0.15, -0.1) is 0 Å². The number of alkyl halides is 3. The van der Waals surface area contributed by atoms with Gasteiger partial charge in [0.15, 0.2) is 11.3 Å². The number of hydrogen-bond donors (Lipinski definition) is 0. The summed E-state index contributed by atoms with van der Waals surface area (Å²) in [5.74, 6) is 0.882. The molecule has 1 aliphatic carbocycles. The van der Waals surface area contributed by atoms with Crippen molar-refractivity contribution >= 4 is 21.6 Å². The van der Waals surface area contributed by atoms with Crippen LogP contribution >= 0.6 is 15.9 Å². The van der Waals surface area contributed by atoms with Gasteiger partial charge in [0, 0.05) is 12.1 Å². The van der Waals surface area contributed by atoms with E-state index in [-0.39, 0.29) is 5.65 Å². The van der Waals surface area contributed by atoms with E-state index in [1.54, 1.807) is 6.92 Å². The Bertz CT molecular complexity index is 628. The van der Waals surface area contributed by atoms with E-state index in [1.807, 2.05) is 0 Å². The second-order valence-corrected chi connectivity index (χ2v) is 5.24. The molecule has 1 aliphatic rings. The van der Waals surface area contributed by atoms with Crippen LogP contribution in [0.2, 0.25) is 0 Å². The van der Waals surface area contributed by atoms with Crippen LogP contribution in [0.5, 0.6) is 0 Å². The number of imidazole rings is 1. The number of aryl methyl sites for hydroxylation is 1. The van der Waals surface area contributed by atoms with Crippen molar-refractivity contribution in [1.29, 1.82) is 0 Å². The molecule has 3 nitrogen and oxygen atoms in total. The van der Waals surface area contributed by atoms with Crippen LogP contribution in [0, 0.1) is 6.92 Å². The van der Waals surface area contributed by atoms with E-state index in [9.17, 15) is 13.2 Å². The maximum Gasteiger partial charge on any atom is 0.434 e. The predicted octanol–water partition coefficient (Wildman–Crippen LogP) is 3.70. The van der Waals surface area contributed by atoms with Crippen LogP contribution in [0.1, 0.15) is 36.0 Å². The highest BCUT2D eigenvalue weighted by molar-refractivity contribution is 9.10. The lowest BCUT2D eigenvalue weighted by molar-refractivity contribution is -0.140. The highest BCUT2D eigenvalue weighted by Gasteiger charge is 2.35. The molecule has 0 spiro atoms. The Morgan fingerprint density at radius 2 is 2.00 bits per heavy atom. The van der Waals surface area contributed by atoms with Crippen molar-refractivity contribution < 1.29 is 13.2 Å². The number of rotatable bonds is 1. The van der Waals surface area contributed by atoms with Crippen molar-refractivity contribution in [2.45, 2.75) is 31.9 Å². The number of nitrogens with zero attached hydrogens (tertiary/aromatic N) is 3. The molecule has 7 heteroatoms. The second-order valence-electron chi connectivity index (χ2n) is 4.45. The number of aromatic nitrogens is 3. The van der Waals surface area contributed by atoms with Gasteiger partial charge in [-0.3, -0.25) is 4.40 Å². The van der Waals surface area contributed by atoms with Gasteiger partial charge in [-0.25, -0.2) is 9.97 Å². The van der Waals surface area contributed by atoms with Crippen LogP contribution in [0.4, 0.5) is 13.2 Å². The van der Waals surface area contributed by atoms with Crippen LogP contribution in [-0.2, 0) is 6.18 Å². The smallest absolute Gasteiger partial charge is 0.286 e. The van der Waals surface area contributed by atoms with E-state index in [0.29, 0.717) is 16.2 Å². The second kappa shape index (κ2) is 3.69. The van der Waals surface area contributed by atoms with Gasteiger partial charge in [0.25, 0.3) is 0 Å². The summed E-state index contributed by atoms with van der Waals surface area (Å²) in [6.45, 7) is 1.69. The lowest BCUT2D eigenvalue weighted by Crippen LogP contribution is -2.04. The molecule has 0 unspecified atom stereocenters. The lowest BCUT2D eigenvalue weighted by atomic mass is 10.3. The third-order valence-electron chi connectivity index (χ3n) is 3.01. The fourth-order valence-corrected chi connectivity index (χ4v) is 2.63. The van der Waals surface area contributed by atoms with Crippen LogP contribution in [0.25, 0.3) is 5.65 Å². The largest absolute Gasteiger partial charge is 0.434 e. The summed E-state index contributed by atoms with van der Waals surface area (Å²) < 4.78 is 39.9. The number of hydrogen-bond acceptors (Lipinski definition) is 2. The monoisotopic (exact) mass is 319 g/mol. The molecule has 0 aromatic carbocycles. The van der Waals surface area contributed by atoms with Crippen LogP contribution in [0.15, 0.2) is 10.7 Å². The summed E-state index contributed by atoms with van der Waals surface area (Å²) in [6, 6.07) is 0. The Labute approximate surface area is 109 Å². The molecule has 0 atom stereocenters. The molecule has 0 amide bonds. The zero-order valence-electron chi connectivity index (χ0n) is 9.42. The minimum absolute atomic E-state index is 0.289. The van der Waals surface area contributed by atoms with Gasteiger partial charge in [0.2, 0.25) is 0 Å². The van der Waals surface area contributed by atoms with Gasteiger partial charge in [-0.05, 0) is 35.7 Å². The third kappa shape index (κ3) is 1.81. The molecule has 1 saturated carbocycles. The molecule has 0 aliphatic heterocycles. The van der Waals surface area contributed by atoms with Crippen molar-refractivity contribution in [1.82, 2.24) is 14.4 Å². The van der Waals surface area contributed by atoms with E-state index >= 15 is 0 Å². The molecular weight excluding hydrogens is 311 g/mol. The maximum absolute atomic E-state index is 12.6. The first-order valence-electron chi connectivity index (χ1n) is 5.50. The van der Waals surface area contributed by atoms with E-state index in [1.165, 1.54) is 4.40 Å². The normalized spacial score (nSPS) is 16.5. The molecule has 0 N–H and O–H groups in total. The Kier molecular flexibility index (Phi) is 2.45. The summed E-state index contributed by atoms with van der Waals surface area (Å²) >= 11 is 3.32. The first kappa shape index (κ1) is 12.0. The molecule has 18 heavy (non-hydrogen) atoms. The van der Waals surface area contributed by atoms with E-state index < -0.39 is 11.9 Å². The Hall–Kier alpha value is -1.11. The molecule has 2 aromatic heterocycles.